The molecule has 1 aliphatic rings. The summed E-state index contributed by atoms with van der Waals surface area (Å²) in [5.74, 6) is -0.115. The maximum absolute atomic E-state index is 11.5. The predicted octanol–water partition coefficient (Wildman–Crippen LogP) is 1.65. The van der Waals surface area contributed by atoms with Gasteiger partial charge in [-0.25, -0.2) is 0 Å². The van der Waals surface area contributed by atoms with Crippen LogP contribution in [0.4, 0.5) is 0 Å². The lowest BCUT2D eigenvalue weighted by atomic mass is 10.2. The van der Waals surface area contributed by atoms with Crippen molar-refractivity contribution in [2.45, 2.75) is 32.2 Å². The molecule has 0 aromatic carbocycles. The van der Waals surface area contributed by atoms with Crippen molar-refractivity contribution in [3.05, 3.63) is 30.1 Å². The van der Waals surface area contributed by atoms with Crippen LogP contribution in [0.2, 0.25) is 0 Å². The summed E-state index contributed by atoms with van der Waals surface area (Å²) >= 11 is 0. The lowest BCUT2D eigenvalue weighted by Crippen LogP contribution is -2.34. The van der Waals surface area contributed by atoms with Crippen molar-refractivity contribution in [1.29, 1.82) is 0 Å². The molecule has 18 heavy (non-hydrogen) atoms. The minimum atomic E-state index is -0.115. The van der Waals surface area contributed by atoms with Gasteiger partial charge in [-0.3, -0.25) is 14.7 Å². The average molecular weight is 248 g/mol. The minimum Gasteiger partial charge on any atom is -0.465 e. The first-order chi connectivity index (χ1) is 8.79. The molecule has 0 unspecified atom stereocenters. The quantitative estimate of drug-likeness (QED) is 0.688. The van der Waals surface area contributed by atoms with Gasteiger partial charge in [0, 0.05) is 25.0 Å². The second kappa shape index (κ2) is 6.50. The van der Waals surface area contributed by atoms with Crippen molar-refractivity contribution in [3.63, 3.8) is 0 Å². The molecule has 0 radical (unpaired) electrons. The third-order valence-electron chi connectivity index (χ3n) is 3.11. The smallest absolute Gasteiger partial charge is 0.320 e. The van der Waals surface area contributed by atoms with Gasteiger partial charge in [0.1, 0.15) is 0 Å². The van der Waals surface area contributed by atoms with Crippen molar-refractivity contribution in [2.24, 2.45) is 0 Å². The number of aromatic nitrogens is 1. The Bertz CT molecular complexity index is 377. The maximum Gasteiger partial charge on any atom is 0.320 e. The van der Waals surface area contributed by atoms with E-state index in [1.54, 1.807) is 6.20 Å². The molecule has 0 N–H and O–H groups in total. The summed E-state index contributed by atoms with van der Waals surface area (Å²) in [7, 11) is 0. The Kier molecular flexibility index (Phi) is 4.70. The van der Waals surface area contributed by atoms with Crippen LogP contribution in [0.1, 0.15) is 25.3 Å². The lowest BCUT2D eigenvalue weighted by molar-refractivity contribution is -0.144. The second-order valence-corrected chi connectivity index (χ2v) is 4.62. The summed E-state index contributed by atoms with van der Waals surface area (Å²) in [6, 6.07) is 4.59. The Morgan fingerprint density at radius 2 is 2.39 bits per heavy atom. The van der Waals surface area contributed by atoms with Gasteiger partial charge < -0.3 is 4.74 Å². The summed E-state index contributed by atoms with van der Waals surface area (Å²) in [4.78, 5) is 17.9. The molecule has 1 heterocycles. The molecule has 1 aliphatic carbocycles. The monoisotopic (exact) mass is 248 g/mol. The molecule has 4 nitrogen and oxygen atoms in total. The molecule has 2 rings (SSSR count). The molecule has 1 aromatic heterocycles. The van der Waals surface area contributed by atoms with Crippen LogP contribution in [0, 0.1) is 0 Å². The largest absolute Gasteiger partial charge is 0.465 e. The van der Waals surface area contributed by atoms with Crippen molar-refractivity contribution in [2.75, 3.05) is 19.7 Å². The van der Waals surface area contributed by atoms with E-state index in [2.05, 4.69) is 16.0 Å². The van der Waals surface area contributed by atoms with Gasteiger partial charge in [0.05, 0.1) is 13.2 Å². The van der Waals surface area contributed by atoms with E-state index in [-0.39, 0.29) is 5.97 Å². The number of carbonyl (C=O) groups excluding carboxylic acids is 1. The van der Waals surface area contributed by atoms with Gasteiger partial charge in [-0.1, -0.05) is 6.07 Å². The highest BCUT2D eigenvalue weighted by Gasteiger charge is 2.30. The summed E-state index contributed by atoms with van der Waals surface area (Å²) < 4.78 is 5.01. The summed E-state index contributed by atoms with van der Waals surface area (Å²) in [6.07, 6.45) is 7.00. The Labute approximate surface area is 108 Å². The normalized spacial score (nSPS) is 14.8. The molecule has 0 bridgehead atoms. The zero-order valence-electron chi connectivity index (χ0n) is 10.8. The highest BCUT2D eigenvalue weighted by atomic mass is 16.5. The van der Waals surface area contributed by atoms with Crippen LogP contribution < -0.4 is 0 Å². The van der Waals surface area contributed by atoms with Crippen molar-refractivity contribution in [3.8, 4) is 0 Å². The van der Waals surface area contributed by atoms with E-state index in [9.17, 15) is 4.79 Å². The standard InChI is InChI=1S/C14H20N2O2/c1-2-18-14(17)11-16(13-5-6-13)9-7-12-4-3-8-15-10-12/h3-4,8,10,13H,2,5-7,9,11H2,1H3. The van der Waals surface area contributed by atoms with Crippen LogP contribution in [-0.2, 0) is 16.0 Å². The molecule has 0 amide bonds. The fourth-order valence-electron chi connectivity index (χ4n) is 2.02. The molecule has 0 atom stereocenters. The van der Waals surface area contributed by atoms with E-state index >= 15 is 0 Å². The Morgan fingerprint density at radius 3 is 3.00 bits per heavy atom. The van der Waals surface area contributed by atoms with Gasteiger partial charge in [-0.05, 0) is 37.8 Å². The van der Waals surface area contributed by atoms with Crippen LogP contribution in [-0.4, -0.2) is 41.6 Å². The fourth-order valence-corrected chi connectivity index (χ4v) is 2.02. The van der Waals surface area contributed by atoms with Crippen LogP contribution in [0.3, 0.4) is 0 Å². The topological polar surface area (TPSA) is 42.4 Å². The zero-order valence-corrected chi connectivity index (χ0v) is 10.8. The SMILES string of the molecule is CCOC(=O)CN(CCc1cccnc1)C1CC1. The number of hydrogen-bond acceptors (Lipinski definition) is 4. The van der Waals surface area contributed by atoms with Gasteiger partial charge in [0.25, 0.3) is 0 Å². The Morgan fingerprint density at radius 1 is 1.56 bits per heavy atom. The lowest BCUT2D eigenvalue weighted by Gasteiger charge is -2.20. The first-order valence-electron chi connectivity index (χ1n) is 6.58. The summed E-state index contributed by atoms with van der Waals surface area (Å²) in [5, 5.41) is 0. The molecule has 0 saturated heterocycles. The molecule has 1 aromatic rings. The number of carbonyl (C=O) groups is 1. The van der Waals surface area contributed by atoms with Gasteiger partial charge in [-0.15, -0.1) is 0 Å². The molecule has 0 spiro atoms. The number of pyridine rings is 1. The molecule has 1 fully saturated rings. The molecule has 1 saturated carbocycles. The molecular formula is C14H20N2O2. The van der Waals surface area contributed by atoms with Crippen LogP contribution >= 0.6 is 0 Å². The van der Waals surface area contributed by atoms with Crippen LogP contribution in [0.25, 0.3) is 0 Å². The third kappa shape index (κ3) is 4.11. The minimum absolute atomic E-state index is 0.115. The Hall–Kier alpha value is -1.42. The first kappa shape index (κ1) is 13.0. The highest BCUT2D eigenvalue weighted by molar-refractivity contribution is 5.71. The van der Waals surface area contributed by atoms with Gasteiger partial charge in [0.15, 0.2) is 0 Å². The summed E-state index contributed by atoms with van der Waals surface area (Å²) in [5.41, 5.74) is 1.21. The molecule has 0 aliphatic heterocycles. The van der Waals surface area contributed by atoms with E-state index in [1.165, 1.54) is 18.4 Å². The van der Waals surface area contributed by atoms with Gasteiger partial charge >= 0.3 is 5.97 Å². The van der Waals surface area contributed by atoms with Crippen molar-refractivity contribution < 1.29 is 9.53 Å². The molecule has 4 heteroatoms. The predicted molar refractivity (Wildman–Crippen MR) is 69.2 cm³/mol. The average Bonchev–Trinajstić information content (AvgIpc) is 3.20. The number of ether oxygens (including phenoxy) is 1. The first-order valence-corrected chi connectivity index (χ1v) is 6.58. The van der Waals surface area contributed by atoms with Crippen molar-refractivity contribution >= 4 is 5.97 Å². The maximum atomic E-state index is 11.5. The second-order valence-electron chi connectivity index (χ2n) is 4.62. The zero-order chi connectivity index (χ0) is 12.8. The van der Waals surface area contributed by atoms with Crippen LogP contribution in [0.5, 0.6) is 0 Å². The van der Waals surface area contributed by atoms with E-state index in [4.69, 9.17) is 4.74 Å². The molecule has 98 valence electrons. The van der Waals surface area contributed by atoms with Crippen LogP contribution in [0.15, 0.2) is 24.5 Å². The highest BCUT2D eigenvalue weighted by Crippen LogP contribution is 2.26. The number of nitrogens with zero attached hydrogens (tertiary/aromatic N) is 2. The number of esters is 1. The summed E-state index contributed by atoms with van der Waals surface area (Å²) in [6.45, 7) is 3.61. The van der Waals surface area contributed by atoms with E-state index in [1.807, 2.05) is 19.2 Å². The fraction of sp³-hybridized carbons (Fsp3) is 0.571. The van der Waals surface area contributed by atoms with E-state index in [0.29, 0.717) is 19.2 Å². The van der Waals surface area contributed by atoms with E-state index < -0.39 is 0 Å². The van der Waals surface area contributed by atoms with Gasteiger partial charge in [0.2, 0.25) is 0 Å². The third-order valence-corrected chi connectivity index (χ3v) is 3.11. The Balaban J connectivity index is 1.81. The number of rotatable bonds is 7. The van der Waals surface area contributed by atoms with E-state index in [0.717, 1.165) is 13.0 Å². The number of hydrogen-bond donors (Lipinski definition) is 0. The molecular weight excluding hydrogens is 228 g/mol. The van der Waals surface area contributed by atoms with Gasteiger partial charge in [-0.2, -0.15) is 0 Å². The van der Waals surface area contributed by atoms with Crippen molar-refractivity contribution in [1.82, 2.24) is 9.88 Å².